The number of amides is 1. The third kappa shape index (κ3) is 5.70. The molecule has 6 heteroatoms. The molecule has 0 aromatic heterocycles. The number of oxime groups is 1. The molecule has 0 saturated heterocycles. The van der Waals surface area contributed by atoms with Crippen LogP contribution in [0.25, 0.3) is 0 Å². The van der Waals surface area contributed by atoms with Crippen LogP contribution in [0.3, 0.4) is 0 Å². The molecule has 0 bridgehead atoms. The lowest BCUT2D eigenvalue weighted by Crippen LogP contribution is -2.33. The highest BCUT2D eigenvalue weighted by Crippen LogP contribution is 2.03. The number of hydroxylamine groups is 2. The monoisotopic (exact) mass is 242 g/mol. The Morgan fingerprint density at radius 1 is 1.35 bits per heavy atom. The average molecular weight is 242 g/mol. The summed E-state index contributed by atoms with van der Waals surface area (Å²) in [6.45, 7) is 8.48. The molecule has 0 aromatic carbocycles. The van der Waals surface area contributed by atoms with Crippen molar-refractivity contribution in [2.75, 3.05) is 6.54 Å². The summed E-state index contributed by atoms with van der Waals surface area (Å²) >= 11 is 0. The quantitative estimate of drug-likeness (QED) is 0.343. The highest BCUT2D eigenvalue weighted by molar-refractivity contribution is 5.89. The predicted molar refractivity (Wildman–Crippen MR) is 62.4 cm³/mol. The maximum absolute atomic E-state index is 11.6. The first kappa shape index (κ1) is 15.2. The second-order valence-corrected chi connectivity index (χ2v) is 3.58. The van der Waals surface area contributed by atoms with Crippen LogP contribution in [-0.2, 0) is 14.4 Å². The smallest absolute Gasteiger partial charge is 0.358 e. The predicted octanol–water partition coefficient (Wildman–Crippen LogP) is 1.50. The van der Waals surface area contributed by atoms with Gasteiger partial charge in [-0.2, -0.15) is 5.06 Å². The zero-order valence-electron chi connectivity index (χ0n) is 10.4. The molecule has 0 fully saturated rings. The molecule has 17 heavy (non-hydrogen) atoms. The molecule has 0 heterocycles. The summed E-state index contributed by atoms with van der Waals surface area (Å²) in [7, 11) is 0. The van der Waals surface area contributed by atoms with Gasteiger partial charge in [0.1, 0.15) is 0 Å². The van der Waals surface area contributed by atoms with Crippen LogP contribution < -0.4 is 0 Å². The number of nitrogens with zero attached hydrogens (tertiary/aromatic N) is 2. The zero-order valence-corrected chi connectivity index (χ0v) is 10.4. The van der Waals surface area contributed by atoms with E-state index in [1.807, 2.05) is 0 Å². The van der Waals surface area contributed by atoms with Crippen molar-refractivity contribution in [1.82, 2.24) is 5.06 Å². The number of hydrogen-bond acceptors (Lipinski definition) is 5. The lowest BCUT2D eigenvalue weighted by molar-refractivity contribution is -0.193. The van der Waals surface area contributed by atoms with E-state index in [1.54, 1.807) is 13.8 Å². The Kier molecular flexibility index (Phi) is 6.62. The third-order valence-corrected chi connectivity index (χ3v) is 1.98. The molecule has 0 saturated carbocycles. The van der Waals surface area contributed by atoms with Crippen LogP contribution in [-0.4, -0.2) is 34.4 Å². The minimum absolute atomic E-state index is 0.118. The van der Waals surface area contributed by atoms with Crippen molar-refractivity contribution in [1.29, 1.82) is 0 Å². The molecule has 0 rings (SSSR count). The fourth-order valence-corrected chi connectivity index (χ4v) is 0.932. The molecular formula is C11H18N2O4. The van der Waals surface area contributed by atoms with Gasteiger partial charge in [-0.1, -0.05) is 11.7 Å². The van der Waals surface area contributed by atoms with E-state index in [0.717, 1.165) is 5.06 Å². The van der Waals surface area contributed by atoms with Gasteiger partial charge in [0.2, 0.25) is 0 Å². The van der Waals surface area contributed by atoms with E-state index in [-0.39, 0.29) is 24.4 Å². The fourth-order valence-electron chi connectivity index (χ4n) is 0.932. The van der Waals surface area contributed by atoms with Gasteiger partial charge in [-0.05, 0) is 27.2 Å². The lowest BCUT2D eigenvalue weighted by Gasteiger charge is -2.19. The van der Waals surface area contributed by atoms with Crippen molar-refractivity contribution in [3.63, 3.8) is 0 Å². The van der Waals surface area contributed by atoms with E-state index in [0.29, 0.717) is 12.1 Å². The molecule has 96 valence electrons. The number of hydrogen-bond donors (Lipinski definition) is 1. The highest BCUT2D eigenvalue weighted by Gasteiger charge is 2.17. The molecule has 0 aliphatic rings. The first-order valence-corrected chi connectivity index (χ1v) is 5.28. The van der Waals surface area contributed by atoms with Gasteiger partial charge in [-0.3, -0.25) is 4.79 Å². The van der Waals surface area contributed by atoms with Gasteiger partial charge in [0.05, 0.1) is 12.3 Å². The minimum atomic E-state index is -0.632. The van der Waals surface area contributed by atoms with Crippen molar-refractivity contribution < 1.29 is 19.6 Å². The Morgan fingerprint density at radius 3 is 2.35 bits per heavy atom. The van der Waals surface area contributed by atoms with E-state index in [4.69, 9.17) is 10.0 Å². The molecule has 0 aromatic rings. The van der Waals surface area contributed by atoms with Crippen LogP contribution in [0.1, 0.15) is 33.6 Å². The second kappa shape index (κ2) is 7.43. The van der Waals surface area contributed by atoms with Crippen molar-refractivity contribution in [2.24, 2.45) is 5.16 Å². The van der Waals surface area contributed by atoms with Crippen molar-refractivity contribution in [3.05, 3.63) is 12.2 Å². The van der Waals surface area contributed by atoms with Gasteiger partial charge in [0.25, 0.3) is 5.91 Å². The Bertz CT molecular complexity index is 336. The summed E-state index contributed by atoms with van der Waals surface area (Å²) in [5, 5.41) is 12.4. The molecule has 0 aliphatic heterocycles. The first-order chi connectivity index (χ1) is 7.92. The largest absolute Gasteiger partial charge is 0.411 e. The molecule has 1 amide bonds. The van der Waals surface area contributed by atoms with Crippen molar-refractivity contribution in [3.8, 4) is 0 Å². The van der Waals surface area contributed by atoms with E-state index >= 15 is 0 Å². The molecule has 0 aliphatic carbocycles. The molecular weight excluding hydrogens is 224 g/mol. The molecule has 0 unspecified atom stereocenters. The summed E-state index contributed by atoms with van der Waals surface area (Å²) in [4.78, 5) is 27.7. The average Bonchev–Trinajstić information content (AvgIpc) is 2.31. The van der Waals surface area contributed by atoms with E-state index in [1.165, 1.54) is 6.92 Å². The molecule has 0 spiro atoms. The number of carbonyl (C=O) groups excluding carboxylic acids is 2. The minimum Gasteiger partial charge on any atom is -0.411 e. The lowest BCUT2D eigenvalue weighted by atomic mass is 10.2. The Morgan fingerprint density at radius 2 is 1.94 bits per heavy atom. The van der Waals surface area contributed by atoms with Gasteiger partial charge < -0.3 is 10.0 Å². The van der Waals surface area contributed by atoms with E-state index < -0.39 is 5.97 Å². The molecule has 0 radical (unpaired) electrons. The number of carbonyl (C=O) groups is 2. The molecule has 0 atom stereocenters. The van der Waals surface area contributed by atoms with E-state index in [9.17, 15) is 9.59 Å². The van der Waals surface area contributed by atoms with Crippen LogP contribution in [0.5, 0.6) is 0 Å². The fraction of sp³-hybridized carbons (Fsp3) is 0.545. The Labute approximate surface area is 100 Å². The third-order valence-electron chi connectivity index (χ3n) is 1.98. The van der Waals surface area contributed by atoms with Gasteiger partial charge >= 0.3 is 5.97 Å². The Hall–Kier alpha value is -1.85. The standard InChI is InChI=1S/C11H18N2O4/c1-5-13(17-11(15)8(2)3)10(14)7-6-9(4)12-16/h16H,2,5-7H2,1,3-4H3. The van der Waals surface area contributed by atoms with Crippen molar-refractivity contribution in [2.45, 2.75) is 33.6 Å². The van der Waals surface area contributed by atoms with Gasteiger partial charge in [-0.15, -0.1) is 0 Å². The number of rotatable bonds is 5. The van der Waals surface area contributed by atoms with Gasteiger partial charge in [-0.25, -0.2) is 4.79 Å². The summed E-state index contributed by atoms with van der Waals surface area (Å²) in [6.07, 6.45) is 0.434. The SMILES string of the molecule is C=C(C)C(=O)ON(CC)C(=O)CCC(C)=NO. The summed E-state index contributed by atoms with van der Waals surface area (Å²) in [5.74, 6) is -0.974. The Balaban J connectivity index is 4.31. The van der Waals surface area contributed by atoms with Crippen LogP contribution in [0, 0.1) is 0 Å². The summed E-state index contributed by atoms with van der Waals surface area (Å²) < 4.78 is 0. The van der Waals surface area contributed by atoms with Crippen molar-refractivity contribution >= 4 is 17.6 Å². The first-order valence-electron chi connectivity index (χ1n) is 5.28. The normalized spacial score (nSPS) is 10.9. The van der Waals surface area contributed by atoms with Gasteiger partial charge in [0, 0.05) is 12.0 Å². The van der Waals surface area contributed by atoms with Gasteiger partial charge in [0.15, 0.2) is 0 Å². The highest BCUT2D eigenvalue weighted by atomic mass is 16.7. The van der Waals surface area contributed by atoms with Crippen LogP contribution in [0.15, 0.2) is 17.3 Å². The maximum Gasteiger partial charge on any atom is 0.358 e. The summed E-state index contributed by atoms with van der Waals surface area (Å²) in [5.41, 5.74) is 0.671. The van der Waals surface area contributed by atoms with Crippen LogP contribution >= 0.6 is 0 Å². The van der Waals surface area contributed by atoms with Crippen LogP contribution in [0.4, 0.5) is 0 Å². The summed E-state index contributed by atoms with van der Waals surface area (Å²) in [6, 6.07) is 0. The second-order valence-electron chi connectivity index (χ2n) is 3.58. The maximum atomic E-state index is 11.6. The molecule has 6 nitrogen and oxygen atoms in total. The topological polar surface area (TPSA) is 79.2 Å². The van der Waals surface area contributed by atoms with E-state index in [2.05, 4.69) is 11.7 Å². The zero-order chi connectivity index (χ0) is 13.4. The van der Waals surface area contributed by atoms with Crippen LogP contribution in [0.2, 0.25) is 0 Å². The molecule has 1 N–H and O–H groups in total.